The maximum atomic E-state index is 12.0. The Morgan fingerprint density at radius 3 is 2.52 bits per heavy atom. The van der Waals surface area contributed by atoms with Gasteiger partial charge in [0, 0.05) is 12.8 Å². The van der Waals surface area contributed by atoms with E-state index in [1.165, 1.54) is 44.9 Å². The molecule has 0 aromatic heterocycles. The zero-order valence-electron chi connectivity index (χ0n) is 14.8. The number of allylic oxidation sites excluding steroid dienone is 2. The third kappa shape index (κ3) is 8.92. The van der Waals surface area contributed by atoms with Crippen LogP contribution < -0.4 is 0 Å². The number of aliphatic carboxylic acids is 1. The molecule has 0 amide bonds. The molecule has 1 rings (SSSR count). The molecule has 1 atom stereocenters. The van der Waals surface area contributed by atoms with Gasteiger partial charge in [0.2, 0.25) is 0 Å². The summed E-state index contributed by atoms with van der Waals surface area (Å²) in [6.45, 7) is 2.24. The molecule has 1 fully saturated rings. The lowest BCUT2D eigenvalue weighted by Crippen LogP contribution is -2.02. The number of Topliss-reactive ketones (excluding diaryl/α,β-unsaturated/α-hetero) is 1. The fourth-order valence-corrected chi connectivity index (χ4v) is 3.44. The molecule has 1 N–H and O–H groups in total. The summed E-state index contributed by atoms with van der Waals surface area (Å²) in [5, 5.41) is 8.61. The maximum Gasteiger partial charge on any atom is 0.303 e. The van der Waals surface area contributed by atoms with E-state index in [0.29, 0.717) is 11.7 Å². The minimum Gasteiger partial charge on any atom is -0.481 e. The van der Waals surface area contributed by atoms with Gasteiger partial charge in [0.25, 0.3) is 0 Å². The van der Waals surface area contributed by atoms with Gasteiger partial charge < -0.3 is 5.11 Å². The van der Waals surface area contributed by atoms with Crippen molar-refractivity contribution < 1.29 is 14.7 Å². The number of rotatable bonds is 13. The molecule has 1 saturated carbocycles. The normalized spacial score (nSPS) is 19.6. The fraction of sp³-hybridized carbons (Fsp3) is 0.800. The Bertz CT molecular complexity index is 384. The Hall–Kier alpha value is -1.12. The van der Waals surface area contributed by atoms with Crippen LogP contribution in [0.5, 0.6) is 0 Å². The Morgan fingerprint density at radius 2 is 1.78 bits per heavy atom. The highest BCUT2D eigenvalue weighted by Crippen LogP contribution is 2.33. The molecular formula is C20H34O3. The summed E-state index contributed by atoms with van der Waals surface area (Å²) in [7, 11) is 0. The van der Waals surface area contributed by atoms with Crippen LogP contribution >= 0.6 is 0 Å². The van der Waals surface area contributed by atoms with E-state index >= 15 is 0 Å². The first kappa shape index (κ1) is 19.9. The van der Waals surface area contributed by atoms with E-state index in [2.05, 4.69) is 13.0 Å². The third-order valence-corrected chi connectivity index (χ3v) is 4.85. The number of carbonyl (C=O) groups is 2. The Labute approximate surface area is 141 Å². The summed E-state index contributed by atoms with van der Waals surface area (Å²) in [4.78, 5) is 22.5. The van der Waals surface area contributed by atoms with Gasteiger partial charge in [0.05, 0.1) is 0 Å². The molecule has 1 aliphatic carbocycles. The number of carboxylic acid groups (broad SMARTS) is 1. The zero-order chi connectivity index (χ0) is 16.9. The van der Waals surface area contributed by atoms with E-state index in [0.717, 1.165) is 44.1 Å². The fourth-order valence-electron chi connectivity index (χ4n) is 3.44. The standard InChI is InChI=1S/C20H34O3/c1-2-3-4-5-6-9-12-17-15-16-19(21)18(17)13-10-7-8-11-14-20(22)23/h13,17H,2-12,14-16H2,1H3,(H,22,23)/b18-13-/t17-/m0/s1. The van der Waals surface area contributed by atoms with Gasteiger partial charge >= 0.3 is 5.97 Å². The van der Waals surface area contributed by atoms with Crippen LogP contribution in [-0.2, 0) is 9.59 Å². The second kappa shape index (κ2) is 12.3. The molecule has 0 unspecified atom stereocenters. The minimum atomic E-state index is -0.715. The lowest BCUT2D eigenvalue weighted by atomic mass is 9.94. The second-order valence-corrected chi connectivity index (χ2v) is 6.87. The molecule has 23 heavy (non-hydrogen) atoms. The van der Waals surface area contributed by atoms with Crippen LogP contribution in [0.2, 0.25) is 0 Å². The average Bonchev–Trinajstić information content (AvgIpc) is 2.86. The molecule has 0 spiro atoms. The number of unbranched alkanes of at least 4 members (excludes halogenated alkanes) is 8. The molecule has 0 heterocycles. The van der Waals surface area contributed by atoms with Crippen LogP contribution in [0.3, 0.4) is 0 Å². The van der Waals surface area contributed by atoms with Crippen molar-refractivity contribution in [2.24, 2.45) is 5.92 Å². The topological polar surface area (TPSA) is 54.4 Å². The van der Waals surface area contributed by atoms with E-state index in [1.807, 2.05) is 0 Å². The summed E-state index contributed by atoms with van der Waals surface area (Å²) in [6, 6.07) is 0. The van der Waals surface area contributed by atoms with Gasteiger partial charge in [-0.05, 0) is 43.6 Å². The van der Waals surface area contributed by atoms with Gasteiger partial charge in [-0.3, -0.25) is 9.59 Å². The van der Waals surface area contributed by atoms with Crippen LogP contribution in [0.4, 0.5) is 0 Å². The van der Waals surface area contributed by atoms with Crippen LogP contribution in [0.1, 0.15) is 96.8 Å². The van der Waals surface area contributed by atoms with E-state index < -0.39 is 5.97 Å². The monoisotopic (exact) mass is 322 g/mol. The van der Waals surface area contributed by atoms with E-state index in [9.17, 15) is 9.59 Å². The molecule has 1 aliphatic rings. The number of hydrogen-bond acceptors (Lipinski definition) is 2. The number of ketones is 1. The molecule has 0 aliphatic heterocycles. The van der Waals surface area contributed by atoms with Crippen LogP contribution in [0.25, 0.3) is 0 Å². The van der Waals surface area contributed by atoms with E-state index in [1.54, 1.807) is 0 Å². The Balaban J connectivity index is 2.20. The molecule has 0 aromatic carbocycles. The highest BCUT2D eigenvalue weighted by molar-refractivity contribution is 5.97. The summed E-state index contributed by atoms with van der Waals surface area (Å²) >= 11 is 0. The van der Waals surface area contributed by atoms with Crippen molar-refractivity contribution in [1.29, 1.82) is 0 Å². The number of hydrogen-bond donors (Lipinski definition) is 1. The number of carboxylic acids is 1. The van der Waals surface area contributed by atoms with Crippen LogP contribution in [0, 0.1) is 5.92 Å². The van der Waals surface area contributed by atoms with Gasteiger partial charge in [0.15, 0.2) is 5.78 Å². The molecule has 3 heteroatoms. The first-order chi connectivity index (χ1) is 11.1. The molecule has 0 radical (unpaired) electrons. The summed E-state index contributed by atoms with van der Waals surface area (Å²) in [6.07, 6.45) is 16.8. The van der Waals surface area contributed by atoms with Gasteiger partial charge in [0.1, 0.15) is 0 Å². The molecule has 132 valence electrons. The lowest BCUT2D eigenvalue weighted by molar-refractivity contribution is -0.137. The van der Waals surface area contributed by atoms with Crippen molar-refractivity contribution in [2.75, 3.05) is 0 Å². The second-order valence-electron chi connectivity index (χ2n) is 6.87. The highest BCUT2D eigenvalue weighted by atomic mass is 16.4. The molecule has 0 saturated heterocycles. The van der Waals surface area contributed by atoms with Crippen LogP contribution in [0.15, 0.2) is 11.6 Å². The zero-order valence-corrected chi connectivity index (χ0v) is 14.8. The van der Waals surface area contributed by atoms with Crippen molar-refractivity contribution in [3.63, 3.8) is 0 Å². The first-order valence-electron chi connectivity index (χ1n) is 9.60. The largest absolute Gasteiger partial charge is 0.481 e. The van der Waals surface area contributed by atoms with E-state index in [-0.39, 0.29) is 6.42 Å². The van der Waals surface area contributed by atoms with Gasteiger partial charge in [-0.2, -0.15) is 0 Å². The smallest absolute Gasteiger partial charge is 0.303 e. The Kier molecular flexibility index (Phi) is 10.7. The van der Waals surface area contributed by atoms with Crippen molar-refractivity contribution in [3.8, 4) is 0 Å². The van der Waals surface area contributed by atoms with Crippen molar-refractivity contribution in [1.82, 2.24) is 0 Å². The predicted octanol–water partition coefficient (Wildman–Crippen LogP) is 5.68. The Morgan fingerprint density at radius 1 is 1.09 bits per heavy atom. The average molecular weight is 322 g/mol. The number of carbonyl (C=O) groups excluding carboxylic acids is 1. The van der Waals surface area contributed by atoms with Crippen molar-refractivity contribution in [2.45, 2.75) is 96.8 Å². The van der Waals surface area contributed by atoms with Gasteiger partial charge in [-0.1, -0.05) is 57.9 Å². The van der Waals surface area contributed by atoms with E-state index in [4.69, 9.17) is 5.11 Å². The predicted molar refractivity (Wildman–Crippen MR) is 94.5 cm³/mol. The van der Waals surface area contributed by atoms with Crippen molar-refractivity contribution >= 4 is 11.8 Å². The highest BCUT2D eigenvalue weighted by Gasteiger charge is 2.27. The van der Waals surface area contributed by atoms with Crippen molar-refractivity contribution in [3.05, 3.63) is 11.6 Å². The minimum absolute atomic E-state index is 0.260. The molecular weight excluding hydrogens is 288 g/mol. The summed E-state index contributed by atoms with van der Waals surface area (Å²) in [5.41, 5.74) is 1.08. The van der Waals surface area contributed by atoms with Crippen LogP contribution in [-0.4, -0.2) is 16.9 Å². The SMILES string of the molecule is CCCCCCCC[C@H]1CCC(=O)/C1=C\CCCCCC(=O)O. The molecule has 3 nitrogen and oxygen atoms in total. The molecule has 0 bridgehead atoms. The quantitative estimate of drug-likeness (QED) is 0.351. The maximum absolute atomic E-state index is 12.0. The van der Waals surface area contributed by atoms with Gasteiger partial charge in [-0.25, -0.2) is 0 Å². The third-order valence-electron chi connectivity index (χ3n) is 4.85. The first-order valence-corrected chi connectivity index (χ1v) is 9.60. The summed E-state index contributed by atoms with van der Waals surface area (Å²) in [5.74, 6) is 0.132. The molecule has 0 aromatic rings. The van der Waals surface area contributed by atoms with Gasteiger partial charge in [-0.15, -0.1) is 0 Å². The lowest BCUT2D eigenvalue weighted by Gasteiger charge is -2.11. The summed E-state index contributed by atoms with van der Waals surface area (Å²) < 4.78 is 0.